The molecule has 0 atom stereocenters. The first-order valence-corrected chi connectivity index (χ1v) is 9.37. The Morgan fingerprint density at radius 3 is 2.40 bits per heavy atom. The van der Waals surface area contributed by atoms with Gasteiger partial charge >= 0.3 is 0 Å². The van der Waals surface area contributed by atoms with Crippen molar-refractivity contribution < 1.29 is 8.42 Å². The summed E-state index contributed by atoms with van der Waals surface area (Å²) in [5, 5.41) is 11.4. The van der Waals surface area contributed by atoms with Crippen LogP contribution in [0.4, 0.5) is 5.82 Å². The number of halogens is 1. The van der Waals surface area contributed by atoms with Crippen LogP contribution in [0, 0.1) is 0 Å². The molecule has 3 rings (SSSR count). The highest BCUT2D eigenvalue weighted by Gasteiger charge is 2.16. The Balaban J connectivity index is 1.52. The fourth-order valence-electron chi connectivity index (χ4n) is 2.16. The van der Waals surface area contributed by atoms with E-state index in [0.717, 1.165) is 0 Å². The van der Waals surface area contributed by atoms with E-state index in [0.29, 0.717) is 18.2 Å². The molecule has 0 amide bonds. The van der Waals surface area contributed by atoms with Gasteiger partial charge in [-0.25, -0.2) is 13.1 Å². The van der Waals surface area contributed by atoms with E-state index in [1.807, 2.05) is 35.2 Å². The number of hydrogen-bond donors (Lipinski definition) is 2. The molecule has 0 aliphatic rings. The molecular weight excluding hydrogens is 362 g/mol. The van der Waals surface area contributed by atoms with Gasteiger partial charge in [0, 0.05) is 25.5 Å². The van der Waals surface area contributed by atoms with Gasteiger partial charge in [-0.15, -0.1) is 10.2 Å². The van der Waals surface area contributed by atoms with Gasteiger partial charge in [-0.3, -0.25) is 0 Å². The summed E-state index contributed by atoms with van der Waals surface area (Å²) in [6.07, 6.45) is 3.75. The van der Waals surface area contributed by atoms with Crippen LogP contribution in [-0.4, -0.2) is 36.3 Å². The van der Waals surface area contributed by atoms with Gasteiger partial charge in [0.2, 0.25) is 10.0 Å². The molecule has 25 heavy (non-hydrogen) atoms. The SMILES string of the molecule is O=S(=O)(NCCNc1ccc(-n2cccc2)nn1)c1ccccc1Cl. The van der Waals surface area contributed by atoms with Gasteiger partial charge in [-0.2, -0.15) is 0 Å². The summed E-state index contributed by atoms with van der Waals surface area (Å²) in [7, 11) is -3.64. The topological polar surface area (TPSA) is 88.9 Å². The fraction of sp³-hybridized carbons (Fsp3) is 0.125. The van der Waals surface area contributed by atoms with Crippen molar-refractivity contribution in [3.8, 4) is 5.82 Å². The van der Waals surface area contributed by atoms with E-state index >= 15 is 0 Å². The largest absolute Gasteiger partial charge is 0.367 e. The number of nitrogens with one attached hydrogen (secondary N) is 2. The first-order chi connectivity index (χ1) is 12.1. The zero-order valence-corrected chi connectivity index (χ0v) is 14.7. The van der Waals surface area contributed by atoms with Crippen LogP contribution in [0.3, 0.4) is 0 Å². The van der Waals surface area contributed by atoms with Crippen molar-refractivity contribution in [3.05, 3.63) is 65.9 Å². The van der Waals surface area contributed by atoms with Gasteiger partial charge in [0.05, 0.1) is 5.02 Å². The van der Waals surface area contributed by atoms with E-state index in [-0.39, 0.29) is 16.5 Å². The first kappa shape index (κ1) is 17.4. The van der Waals surface area contributed by atoms with Crippen LogP contribution in [0.15, 0.2) is 65.8 Å². The highest BCUT2D eigenvalue weighted by molar-refractivity contribution is 7.89. The van der Waals surface area contributed by atoms with E-state index < -0.39 is 10.0 Å². The summed E-state index contributed by atoms with van der Waals surface area (Å²) >= 11 is 5.92. The van der Waals surface area contributed by atoms with Gasteiger partial charge < -0.3 is 9.88 Å². The van der Waals surface area contributed by atoms with Crippen LogP contribution >= 0.6 is 11.6 Å². The lowest BCUT2D eigenvalue weighted by atomic mass is 10.4. The van der Waals surface area contributed by atoms with Gasteiger partial charge in [0.1, 0.15) is 10.7 Å². The van der Waals surface area contributed by atoms with Crippen LogP contribution in [0.2, 0.25) is 5.02 Å². The monoisotopic (exact) mass is 377 g/mol. The summed E-state index contributed by atoms with van der Waals surface area (Å²) in [5.41, 5.74) is 0. The highest BCUT2D eigenvalue weighted by atomic mass is 35.5. The molecule has 2 N–H and O–H groups in total. The zero-order valence-electron chi connectivity index (χ0n) is 13.1. The third-order valence-electron chi connectivity index (χ3n) is 3.37. The normalized spacial score (nSPS) is 11.4. The van der Waals surface area contributed by atoms with E-state index in [9.17, 15) is 8.42 Å². The molecule has 0 radical (unpaired) electrons. The molecule has 0 aliphatic heterocycles. The third kappa shape index (κ3) is 4.36. The van der Waals surface area contributed by atoms with Gasteiger partial charge in [-0.05, 0) is 36.4 Å². The maximum atomic E-state index is 12.2. The molecule has 0 spiro atoms. The van der Waals surface area contributed by atoms with Gasteiger partial charge in [0.25, 0.3) is 0 Å². The van der Waals surface area contributed by atoms with E-state index in [4.69, 9.17) is 11.6 Å². The summed E-state index contributed by atoms with van der Waals surface area (Å²) in [6.45, 7) is 0.551. The number of rotatable bonds is 7. The minimum absolute atomic E-state index is 0.0625. The molecule has 0 unspecified atom stereocenters. The highest BCUT2D eigenvalue weighted by Crippen LogP contribution is 2.19. The molecule has 3 aromatic rings. The maximum absolute atomic E-state index is 12.2. The molecule has 2 heterocycles. The lowest BCUT2D eigenvalue weighted by Gasteiger charge is -2.09. The van der Waals surface area contributed by atoms with Crippen LogP contribution in [0.25, 0.3) is 5.82 Å². The van der Waals surface area contributed by atoms with Crippen molar-refractivity contribution in [2.24, 2.45) is 0 Å². The van der Waals surface area contributed by atoms with Gasteiger partial charge in [-0.1, -0.05) is 23.7 Å². The van der Waals surface area contributed by atoms with Crippen LogP contribution in [-0.2, 0) is 10.0 Å². The maximum Gasteiger partial charge on any atom is 0.242 e. The van der Waals surface area contributed by atoms with E-state index in [1.54, 1.807) is 18.2 Å². The molecule has 9 heteroatoms. The predicted octanol–water partition coefficient (Wildman–Crippen LogP) is 2.31. The molecule has 1 aromatic carbocycles. The second-order valence-corrected chi connectivity index (χ2v) is 7.26. The molecule has 0 fully saturated rings. The number of anilines is 1. The standard InChI is InChI=1S/C16H16ClN5O2S/c17-13-5-1-2-6-14(13)25(23,24)19-10-9-18-15-7-8-16(21-20-15)22-11-3-4-12-22/h1-8,11-12,19H,9-10H2,(H,18,20). The predicted molar refractivity (Wildman–Crippen MR) is 96.5 cm³/mol. The molecule has 2 aromatic heterocycles. The first-order valence-electron chi connectivity index (χ1n) is 7.51. The minimum Gasteiger partial charge on any atom is -0.367 e. The van der Waals surface area contributed by atoms with Crippen molar-refractivity contribution in [3.63, 3.8) is 0 Å². The van der Waals surface area contributed by atoms with E-state index in [1.165, 1.54) is 12.1 Å². The summed E-state index contributed by atoms with van der Waals surface area (Å²) in [6, 6.07) is 13.7. The number of benzene rings is 1. The van der Waals surface area contributed by atoms with Crippen LogP contribution in [0.5, 0.6) is 0 Å². The molecule has 0 saturated carbocycles. The second-order valence-electron chi connectivity index (χ2n) is 5.12. The van der Waals surface area contributed by atoms with Gasteiger partial charge in [0.15, 0.2) is 5.82 Å². The van der Waals surface area contributed by atoms with Crippen molar-refractivity contribution in [1.29, 1.82) is 0 Å². The average Bonchev–Trinajstić information content (AvgIpc) is 3.14. The Kier molecular flexibility index (Phi) is 5.32. The third-order valence-corrected chi connectivity index (χ3v) is 5.33. The lowest BCUT2D eigenvalue weighted by molar-refractivity contribution is 0.583. The van der Waals surface area contributed by atoms with Crippen molar-refractivity contribution in [2.45, 2.75) is 4.90 Å². The molecule has 130 valence electrons. The number of aromatic nitrogens is 3. The fourth-order valence-corrected chi connectivity index (χ4v) is 3.71. The minimum atomic E-state index is -3.64. The number of nitrogens with zero attached hydrogens (tertiary/aromatic N) is 3. The van der Waals surface area contributed by atoms with Crippen molar-refractivity contribution >= 4 is 27.4 Å². The van der Waals surface area contributed by atoms with Crippen molar-refractivity contribution in [2.75, 3.05) is 18.4 Å². The summed E-state index contributed by atoms with van der Waals surface area (Å²) in [4.78, 5) is 0.0625. The van der Waals surface area contributed by atoms with Crippen LogP contribution in [0.1, 0.15) is 0 Å². The Hall–Kier alpha value is -2.42. The number of sulfonamides is 1. The Morgan fingerprint density at radius 1 is 0.960 bits per heavy atom. The molecular formula is C16H16ClN5O2S. The molecule has 0 bridgehead atoms. The van der Waals surface area contributed by atoms with Crippen LogP contribution < -0.4 is 10.0 Å². The smallest absolute Gasteiger partial charge is 0.242 e. The van der Waals surface area contributed by atoms with E-state index in [2.05, 4.69) is 20.2 Å². The summed E-state index contributed by atoms with van der Waals surface area (Å²) < 4.78 is 28.7. The number of hydrogen-bond acceptors (Lipinski definition) is 5. The average molecular weight is 378 g/mol. The molecule has 0 aliphatic carbocycles. The second kappa shape index (κ2) is 7.64. The van der Waals surface area contributed by atoms with Crippen molar-refractivity contribution in [1.82, 2.24) is 19.5 Å². The quantitative estimate of drug-likeness (QED) is 0.617. The summed E-state index contributed by atoms with van der Waals surface area (Å²) in [5.74, 6) is 1.27. The lowest BCUT2D eigenvalue weighted by Crippen LogP contribution is -2.29. The molecule has 0 saturated heterocycles. The Bertz CT molecular complexity index is 927. The Morgan fingerprint density at radius 2 is 1.72 bits per heavy atom. The Labute approximate surface area is 150 Å². The zero-order chi connectivity index (χ0) is 17.7. The molecule has 7 nitrogen and oxygen atoms in total.